The van der Waals surface area contributed by atoms with E-state index in [9.17, 15) is 4.79 Å². The van der Waals surface area contributed by atoms with Gasteiger partial charge in [0.25, 0.3) is 0 Å². The molecule has 3 atom stereocenters. The largest absolute Gasteiger partial charge is 0.319 e. The van der Waals surface area contributed by atoms with Gasteiger partial charge in [-0.05, 0) is 37.2 Å². The van der Waals surface area contributed by atoms with Gasteiger partial charge in [-0.3, -0.25) is 10.1 Å². The Labute approximate surface area is 127 Å². The molecule has 114 valence electrons. The molecule has 1 aliphatic heterocycles. The van der Waals surface area contributed by atoms with E-state index in [2.05, 4.69) is 55.3 Å². The molecule has 1 saturated carbocycles. The van der Waals surface area contributed by atoms with E-state index in [1.165, 1.54) is 24.8 Å². The zero-order chi connectivity index (χ0) is 15.0. The molecule has 3 nitrogen and oxygen atoms in total. The van der Waals surface area contributed by atoms with Gasteiger partial charge in [0.15, 0.2) is 0 Å². The van der Waals surface area contributed by atoms with Crippen LogP contribution in [0.5, 0.6) is 0 Å². The van der Waals surface area contributed by atoms with Gasteiger partial charge in [-0.15, -0.1) is 0 Å². The molecular weight excluding hydrogens is 260 g/mol. The second-order valence-corrected chi connectivity index (χ2v) is 6.88. The van der Waals surface area contributed by atoms with Crippen molar-refractivity contribution < 1.29 is 4.79 Å². The van der Waals surface area contributed by atoms with E-state index in [1.54, 1.807) is 0 Å². The van der Waals surface area contributed by atoms with E-state index in [0.717, 1.165) is 0 Å². The van der Waals surface area contributed by atoms with Crippen molar-refractivity contribution in [1.29, 1.82) is 0 Å². The molecule has 3 heteroatoms. The minimum Gasteiger partial charge on any atom is -0.319 e. The van der Waals surface area contributed by atoms with Gasteiger partial charge in [0, 0.05) is 6.04 Å². The first kappa shape index (κ1) is 14.6. The summed E-state index contributed by atoms with van der Waals surface area (Å²) in [6, 6.07) is 10.6. The first-order valence-corrected chi connectivity index (χ1v) is 8.22. The summed E-state index contributed by atoms with van der Waals surface area (Å²) in [6.07, 6.45) is 3.87. The normalized spacial score (nSPS) is 28.0. The molecule has 2 aliphatic rings. The van der Waals surface area contributed by atoms with Gasteiger partial charge in [0.1, 0.15) is 6.17 Å². The lowest BCUT2D eigenvalue weighted by molar-refractivity contribution is -0.134. The third-order valence-corrected chi connectivity index (χ3v) is 5.19. The molecule has 1 aromatic rings. The van der Waals surface area contributed by atoms with Crippen LogP contribution in [-0.2, 0) is 4.79 Å². The van der Waals surface area contributed by atoms with Gasteiger partial charge in [-0.2, -0.15) is 0 Å². The van der Waals surface area contributed by atoms with E-state index in [1.807, 2.05) is 6.07 Å². The SMILES string of the molecule is CC(C)C1NC(c2ccccc2)N(C(C)C2CCC2)C1=O. The average molecular weight is 286 g/mol. The van der Waals surface area contributed by atoms with Crippen LogP contribution < -0.4 is 5.32 Å². The Hall–Kier alpha value is -1.35. The van der Waals surface area contributed by atoms with Crippen LogP contribution in [0, 0.1) is 11.8 Å². The summed E-state index contributed by atoms with van der Waals surface area (Å²) in [5.74, 6) is 1.27. The predicted molar refractivity (Wildman–Crippen MR) is 84.6 cm³/mol. The third kappa shape index (κ3) is 2.59. The molecule has 1 aromatic carbocycles. The molecule has 21 heavy (non-hydrogen) atoms. The Morgan fingerprint density at radius 2 is 1.81 bits per heavy atom. The third-order valence-electron chi connectivity index (χ3n) is 5.19. The number of amides is 1. The number of carbonyl (C=O) groups is 1. The van der Waals surface area contributed by atoms with E-state index < -0.39 is 0 Å². The van der Waals surface area contributed by atoms with Gasteiger partial charge in [0.05, 0.1) is 6.04 Å². The number of benzene rings is 1. The zero-order valence-corrected chi connectivity index (χ0v) is 13.3. The summed E-state index contributed by atoms with van der Waals surface area (Å²) < 4.78 is 0. The van der Waals surface area contributed by atoms with Gasteiger partial charge in [-0.25, -0.2) is 0 Å². The van der Waals surface area contributed by atoms with Gasteiger partial charge in [-0.1, -0.05) is 50.6 Å². The second-order valence-electron chi connectivity index (χ2n) is 6.88. The first-order valence-electron chi connectivity index (χ1n) is 8.22. The maximum absolute atomic E-state index is 12.9. The summed E-state index contributed by atoms with van der Waals surface area (Å²) in [5, 5.41) is 3.57. The summed E-state index contributed by atoms with van der Waals surface area (Å²) in [5.41, 5.74) is 1.19. The predicted octanol–water partition coefficient (Wildman–Crippen LogP) is 3.33. The van der Waals surface area contributed by atoms with Crippen LogP contribution in [0.15, 0.2) is 30.3 Å². The molecule has 1 N–H and O–H groups in total. The minimum absolute atomic E-state index is 0.0294. The molecule has 3 rings (SSSR count). The van der Waals surface area contributed by atoms with Crippen molar-refractivity contribution in [2.45, 2.75) is 58.3 Å². The second kappa shape index (κ2) is 5.80. The fraction of sp³-hybridized carbons (Fsp3) is 0.611. The summed E-state index contributed by atoms with van der Waals surface area (Å²) in [4.78, 5) is 15.0. The van der Waals surface area contributed by atoms with Gasteiger partial charge in [0.2, 0.25) is 5.91 Å². The number of carbonyl (C=O) groups excluding carboxylic acids is 1. The first-order chi connectivity index (χ1) is 10.1. The topological polar surface area (TPSA) is 32.3 Å². The summed E-state index contributed by atoms with van der Waals surface area (Å²) in [6.45, 7) is 6.46. The highest BCUT2D eigenvalue weighted by Crippen LogP contribution is 2.38. The molecule has 2 fully saturated rings. The Morgan fingerprint density at radius 1 is 1.14 bits per heavy atom. The number of nitrogens with zero attached hydrogens (tertiary/aromatic N) is 1. The highest BCUT2D eigenvalue weighted by molar-refractivity contribution is 5.85. The van der Waals surface area contributed by atoms with Crippen LogP contribution >= 0.6 is 0 Å². The van der Waals surface area contributed by atoms with Crippen LogP contribution in [0.25, 0.3) is 0 Å². The molecule has 0 radical (unpaired) electrons. The van der Waals surface area contributed by atoms with E-state index in [0.29, 0.717) is 17.9 Å². The molecular formula is C18H26N2O. The number of hydrogen-bond acceptors (Lipinski definition) is 2. The molecule has 1 heterocycles. The molecule has 3 unspecified atom stereocenters. The van der Waals surface area contributed by atoms with Crippen LogP contribution in [0.3, 0.4) is 0 Å². The lowest BCUT2D eigenvalue weighted by Gasteiger charge is -2.40. The molecule has 0 spiro atoms. The Bertz CT molecular complexity index is 495. The number of hydrogen-bond donors (Lipinski definition) is 1. The molecule has 1 saturated heterocycles. The Morgan fingerprint density at radius 3 is 2.33 bits per heavy atom. The fourth-order valence-corrected chi connectivity index (χ4v) is 3.56. The quantitative estimate of drug-likeness (QED) is 0.921. The van der Waals surface area contributed by atoms with Crippen LogP contribution in [-0.4, -0.2) is 22.9 Å². The molecule has 0 bridgehead atoms. The highest BCUT2D eigenvalue weighted by Gasteiger charge is 2.45. The van der Waals surface area contributed by atoms with Crippen LogP contribution in [0.1, 0.15) is 51.8 Å². The minimum atomic E-state index is -0.0577. The van der Waals surface area contributed by atoms with Crippen molar-refractivity contribution in [2.75, 3.05) is 0 Å². The lowest BCUT2D eigenvalue weighted by atomic mass is 9.79. The number of rotatable bonds is 4. The van der Waals surface area contributed by atoms with E-state index in [4.69, 9.17) is 0 Å². The zero-order valence-electron chi connectivity index (χ0n) is 13.3. The van der Waals surface area contributed by atoms with E-state index >= 15 is 0 Å². The lowest BCUT2D eigenvalue weighted by Crippen LogP contribution is -2.45. The summed E-state index contributed by atoms with van der Waals surface area (Å²) in [7, 11) is 0. The maximum Gasteiger partial charge on any atom is 0.241 e. The molecule has 1 aliphatic carbocycles. The number of nitrogens with one attached hydrogen (secondary N) is 1. The van der Waals surface area contributed by atoms with Gasteiger partial charge >= 0.3 is 0 Å². The van der Waals surface area contributed by atoms with Crippen molar-refractivity contribution in [2.24, 2.45) is 11.8 Å². The van der Waals surface area contributed by atoms with Crippen LogP contribution in [0.4, 0.5) is 0 Å². The maximum atomic E-state index is 12.9. The smallest absolute Gasteiger partial charge is 0.241 e. The standard InChI is InChI=1S/C18H26N2O/c1-12(2)16-18(21)20(13(3)14-10-7-11-14)17(19-16)15-8-5-4-6-9-15/h4-6,8-9,12-14,16-17,19H,7,10-11H2,1-3H3. The highest BCUT2D eigenvalue weighted by atomic mass is 16.2. The molecule has 1 amide bonds. The van der Waals surface area contributed by atoms with Crippen molar-refractivity contribution in [3.05, 3.63) is 35.9 Å². The van der Waals surface area contributed by atoms with E-state index in [-0.39, 0.29) is 18.1 Å². The average Bonchev–Trinajstić information content (AvgIpc) is 2.75. The van der Waals surface area contributed by atoms with Gasteiger partial charge < -0.3 is 4.90 Å². The van der Waals surface area contributed by atoms with Crippen LogP contribution in [0.2, 0.25) is 0 Å². The van der Waals surface area contributed by atoms with Crippen molar-refractivity contribution in [1.82, 2.24) is 10.2 Å². The van der Waals surface area contributed by atoms with Crippen molar-refractivity contribution in [3.63, 3.8) is 0 Å². The molecule has 0 aromatic heterocycles. The van der Waals surface area contributed by atoms with Crippen molar-refractivity contribution >= 4 is 5.91 Å². The fourth-order valence-electron chi connectivity index (χ4n) is 3.56. The Balaban J connectivity index is 1.89. The van der Waals surface area contributed by atoms with Crippen molar-refractivity contribution in [3.8, 4) is 0 Å². The monoisotopic (exact) mass is 286 g/mol. The Kier molecular flexibility index (Phi) is 4.03. The summed E-state index contributed by atoms with van der Waals surface area (Å²) >= 11 is 0.